The maximum absolute atomic E-state index is 6.01. The number of rotatable bonds is 5. The van der Waals surface area contributed by atoms with Crippen LogP contribution < -0.4 is 10.2 Å². The van der Waals surface area contributed by atoms with Crippen molar-refractivity contribution in [3.05, 3.63) is 59.1 Å². The molecule has 0 saturated heterocycles. The third-order valence-corrected chi connectivity index (χ3v) is 4.27. The first-order chi connectivity index (χ1) is 10.1. The highest BCUT2D eigenvalue weighted by Gasteiger charge is 2.32. The summed E-state index contributed by atoms with van der Waals surface area (Å²) in [5.74, 6) is 0.724. The quantitative estimate of drug-likeness (QED) is 0.838. The van der Waals surface area contributed by atoms with E-state index in [4.69, 9.17) is 11.6 Å². The van der Waals surface area contributed by atoms with Crippen molar-refractivity contribution in [3.8, 4) is 0 Å². The number of hydrogen-bond acceptors (Lipinski definition) is 2. The molecule has 0 bridgehead atoms. The lowest BCUT2D eigenvalue weighted by Gasteiger charge is -2.24. The third kappa shape index (κ3) is 3.33. The van der Waals surface area contributed by atoms with Gasteiger partial charge < -0.3 is 10.2 Å². The Morgan fingerprint density at radius 1 is 1.05 bits per heavy atom. The van der Waals surface area contributed by atoms with Crippen LogP contribution in [0.4, 0.5) is 11.4 Å². The van der Waals surface area contributed by atoms with Crippen molar-refractivity contribution in [1.82, 2.24) is 0 Å². The van der Waals surface area contributed by atoms with Crippen LogP contribution in [0, 0.1) is 5.92 Å². The van der Waals surface area contributed by atoms with E-state index in [1.165, 1.54) is 29.8 Å². The highest BCUT2D eigenvalue weighted by atomic mass is 35.5. The molecule has 3 rings (SSSR count). The summed E-state index contributed by atoms with van der Waals surface area (Å²) in [6, 6.07) is 17.1. The normalized spacial score (nSPS) is 15.6. The minimum atomic E-state index is 0.364. The number of anilines is 2. The van der Waals surface area contributed by atoms with Crippen LogP contribution in [0.15, 0.2) is 48.5 Å². The standard InChI is InChI=1S/C18H21ClN2/c1-21(2)17-6-4-3-5-16(17)20-18(13-7-8-13)14-9-11-15(19)12-10-14/h3-6,9-13,18,20H,7-8H2,1-2H3. The van der Waals surface area contributed by atoms with Gasteiger partial charge in [0, 0.05) is 19.1 Å². The number of para-hydroxylation sites is 2. The van der Waals surface area contributed by atoms with Gasteiger partial charge in [-0.15, -0.1) is 0 Å². The molecule has 0 spiro atoms. The average Bonchev–Trinajstić information content (AvgIpc) is 3.31. The van der Waals surface area contributed by atoms with E-state index in [-0.39, 0.29) is 0 Å². The predicted molar refractivity (Wildman–Crippen MR) is 91.3 cm³/mol. The summed E-state index contributed by atoms with van der Waals surface area (Å²) in [5, 5.41) is 4.54. The van der Waals surface area contributed by atoms with E-state index < -0.39 is 0 Å². The van der Waals surface area contributed by atoms with Gasteiger partial charge in [0.05, 0.1) is 17.4 Å². The van der Waals surface area contributed by atoms with Gasteiger partial charge in [0.25, 0.3) is 0 Å². The first kappa shape index (κ1) is 14.3. The zero-order valence-corrected chi connectivity index (χ0v) is 13.3. The third-order valence-electron chi connectivity index (χ3n) is 4.02. The van der Waals surface area contributed by atoms with Crippen molar-refractivity contribution in [3.63, 3.8) is 0 Å². The van der Waals surface area contributed by atoms with Gasteiger partial charge in [-0.1, -0.05) is 35.9 Å². The summed E-state index contributed by atoms with van der Waals surface area (Å²) >= 11 is 6.01. The minimum Gasteiger partial charge on any atom is -0.376 e. The lowest BCUT2D eigenvalue weighted by Crippen LogP contribution is -2.17. The molecule has 0 radical (unpaired) electrons. The van der Waals surface area contributed by atoms with Crippen molar-refractivity contribution >= 4 is 23.0 Å². The molecule has 1 unspecified atom stereocenters. The van der Waals surface area contributed by atoms with E-state index in [0.29, 0.717) is 6.04 Å². The fourth-order valence-electron chi connectivity index (χ4n) is 2.73. The number of halogens is 1. The molecule has 2 aromatic carbocycles. The molecule has 2 aromatic rings. The first-order valence-electron chi connectivity index (χ1n) is 7.43. The molecule has 21 heavy (non-hydrogen) atoms. The fourth-order valence-corrected chi connectivity index (χ4v) is 2.85. The highest BCUT2D eigenvalue weighted by Crippen LogP contribution is 2.44. The van der Waals surface area contributed by atoms with Crippen molar-refractivity contribution < 1.29 is 0 Å². The second-order valence-electron chi connectivity index (χ2n) is 5.92. The Hall–Kier alpha value is -1.67. The Balaban J connectivity index is 1.88. The maximum atomic E-state index is 6.01. The van der Waals surface area contributed by atoms with E-state index in [0.717, 1.165) is 10.9 Å². The zero-order valence-electron chi connectivity index (χ0n) is 12.5. The van der Waals surface area contributed by atoms with Crippen molar-refractivity contribution in [2.24, 2.45) is 5.92 Å². The van der Waals surface area contributed by atoms with Crippen LogP contribution in [0.5, 0.6) is 0 Å². The van der Waals surface area contributed by atoms with Crippen LogP contribution in [-0.4, -0.2) is 14.1 Å². The molecule has 110 valence electrons. The summed E-state index contributed by atoms with van der Waals surface area (Å²) in [6.45, 7) is 0. The number of nitrogens with zero attached hydrogens (tertiary/aromatic N) is 1. The van der Waals surface area contributed by atoms with Crippen LogP contribution in [0.25, 0.3) is 0 Å². The Bertz CT molecular complexity index is 603. The van der Waals surface area contributed by atoms with Crippen LogP contribution in [0.2, 0.25) is 5.02 Å². The Morgan fingerprint density at radius 2 is 1.71 bits per heavy atom. The van der Waals surface area contributed by atoms with E-state index in [1.54, 1.807) is 0 Å². The van der Waals surface area contributed by atoms with Gasteiger partial charge in [-0.05, 0) is 48.6 Å². The minimum absolute atomic E-state index is 0.364. The topological polar surface area (TPSA) is 15.3 Å². The molecule has 0 amide bonds. The average molecular weight is 301 g/mol. The first-order valence-corrected chi connectivity index (χ1v) is 7.81. The number of benzene rings is 2. The lowest BCUT2D eigenvalue weighted by atomic mass is 10.0. The highest BCUT2D eigenvalue weighted by molar-refractivity contribution is 6.30. The van der Waals surface area contributed by atoms with Gasteiger partial charge in [-0.3, -0.25) is 0 Å². The van der Waals surface area contributed by atoms with Gasteiger partial charge in [0.15, 0.2) is 0 Å². The second kappa shape index (κ2) is 5.98. The Morgan fingerprint density at radius 3 is 2.33 bits per heavy atom. The van der Waals surface area contributed by atoms with Gasteiger partial charge in [0.1, 0.15) is 0 Å². The van der Waals surface area contributed by atoms with E-state index >= 15 is 0 Å². The Labute approximate surface area is 131 Å². The molecular weight excluding hydrogens is 280 g/mol. The molecule has 2 nitrogen and oxygen atoms in total. The molecule has 1 N–H and O–H groups in total. The van der Waals surface area contributed by atoms with E-state index in [9.17, 15) is 0 Å². The fraction of sp³-hybridized carbons (Fsp3) is 0.333. The molecule has 1 aliphatic carbocycles. The van der Waals surface area contributed by atoms with E-state index in [2.05, 4.69) is 60.7 Å². The summed E-state index contributed by atoms with van der Waals surface area (Å²) in [6.07, 6.45) is 2.59. The van der Waals surface area contributed by atoms with Gasteiger partial charge in [-0.25, -0.2) is 0 Å². The molecule has 0 heterocycles. The summed E-state index contributed by atoms with van der Waals surface area (Å²) in [5.41, 5.74) is 3.72. The molecule has 1 aliphatic rings. The maximum Gasteiger partial charge on any atom is 0.0596 e. The molecule has 1 fully saturated rings. The monoisotopic (exact) mass is 300 g/mol. The smallest absolute Gasteiger partial charge is 0.0596 e. The van der Waals surface area contributed by atoms with Gasteiger partial charge >= 0.3 is 0 Å². The largest absolute Gasteiger partial charge is 0.376 e. The Kier molecular flexibility index (Phi) is 4.07. The summed E-state index contributed by atoms with van der Waals surface area (Å²) < 4.78 is 0. The lowest BCUT2D eigenvalue weighted by molar-refractivity contribution is 0.679. The summed E-state index contributed by atoms with van der Waals surface area (Å²) in [4.78, 5) is 2.15. The van der Waals surface area contributed by atoms with Crippen LogP contribution in [0.1, 0.15) is 24.4 Å². The molecule has 1 saturated carbocycles. The van der Waals surface area contributed by atoms with E-state index in [1.807, 2.05) is 12.1 Å². The van der Waals surface area contributed by atoms with Crippen molar-refractivity contribution in [1.29, 1.82) is 0 Å². The summed E-state index contributed by atoms with van der Waals surface area (Å²) in [7, 11) is 4.16. The molecule has 0 aromatic heterocycles. The number of hydrogen-bond donors (Lipinski definition) is 1. The van der Waals surface area contributed by atoms with Crippen LogP contribution >= 0.6 is 11.6 Å². The van der Waals surface area contributed by atoms with Gasteiger partial charge in [-0.2, -0.15) is 0 Å². The van der Waals surface area contributed by atoms with Crippen molar-refractivity contribution in [2.45, 2.75) is 18.9 Å². The zero-order chi connectivity index (χ0) is 14.8. The molecular formula is C18H21ClN2. The van der Waals surface area contributed by atoms with Crippen LogP contribution in [0.3, 0.4) is 0 Å². The molecule has 0 aliphatic heterocycles. The SMILES string of the molecule is CN(C)c1ccccc1NC(c1ccc(Cl)cc1)C1CC1. The second-order valence-corrected chi connectivity index (χ2v) is 6.36. The van der Waals surface area contributed by atoms with Crippen molar-refractivity contribution in [2.75, 3.05) is 24.3 Å². The van der Waals surface area contributed by atoms with Gasteiger partial charge in [0.2, 0.25) is 0 Å². The van der Waals surface area contributed by atoms with Crippen LogP contribution in [-0.2, 0) is 0 Å². The molecule has 3 heteroatoms. The molecule has 1 atom stereocenters. The number of nitrogens with one attached hydrogen (secondary N) is 1. The predicted octanol–water partition coefficient (Wildman–Crippen LogP) is 4.97.